The number of fused-ring (bicyclic) bond motifs is 1. The number of aromatic nitrogens is 2. The van der Waals surface area contributed by atoms with E-state index in [9.17, 15) is 9.59 Å². The van der Waals surface area contributed by atoms with E-state index in [4.69, 9.17) is 10.5 Å². The number of nitrogens with two attached hydrogens (primary N) is 1. The summed E-state index contributed by atoms with van der Waals surface area (Å²) in [4.78, 5) is 27.7. The monoisotopic (exact) mass is 332 g/mol. The second kappa shape index (κ2) is 6.90. The number of alkyl carbamates (subject to hydrolysis) is 1. The fraction of sp³-hybridized carbons (Fsp3) is 0.471. The maximum atomic E-state index is 11.8. The van der Waals surface area contributed by atoms with E-state index < -0.39 is 17.6 Å². The standard InChI is InChI=1S/C17H24N4O3/c1-5-8-21-13-7-6-11(15(18)22)9-12(13)20-14(21)10-19-16(23)24-17(2,3)4/h6-7,9H,5,8,10H2,1-4H3,(H2,18,22)(H,19,23). The van der Waals surface area contributed by atoms with Gasteiger partial charge in [-0.15, -0.1) is 0 Å². The van der Waals surface area contributed by atoms with E-state index in [2.05, 4.69) is 17.2 Å². The average molecular weight is 332 g/mol. The Kier molecular flexibility index (Phi) is 5.11. The molecule has 3 N–H and O–H groups in total. The van der Waals surface area contributed by atoms with Crippen LogP contribution in [0.2, 0.25) is 0 Å². The Balaban J connectivity index is 2.26. The summed E-state index contributed by atoms with van der Waals surface area (Å²) < 4.78 is 7.26. The smallest absolute Gasteiger partial charge is 0.408 e. The van der Waals surface area contributed by atoms with Crippen molar-refractivity contribution in [2.24, 2.45) is 5.73 Å². The molecule has 1 heterocycles. The molecule has 0 aliphatic rings. The van der Waals surface area contributed by atoms with E-state index in [0.717, 1.165) is 18.5 Å². The summed E-state index contributed by atoms with van der Waals surface area (Å²) in [6.45, 7) is 8.50. The topological polar surface area (TPSA) is 99.2 Å². The molecule has 0 aliphatic heterocycles. The number of nitrogens with zero attached hydrogens (tertiary/aromatic N) is 2. The van der Waals surface area contributed by atoms with Gasteiger partial charge < -0.3 is 20.4 Å². The second-order valence-electron chi connectivity index (χ2n) is 6.60. The molecule has 7 heteroatoms. The van der Waals surface area contributed by atoms with Gasteiger partial charge in [0.15, 0.2) is 0 Å². The van der Waals surface area contributed by atoms with Crippen LogP contribution in [0, 0.1) is 0 Å². The summed E-state index contributed by atoms with van der Waals surface area (Å²) in [5.41, 5.74) is 6.77. The van der Waals surface area contributed by atoms with Crippen LogP contribution in [0.4, 0.5) is 4.79 Å². The van der Waals surface area contributed by atoms with Gasteiger partial charge in [-0.2, -0.15) is 0 Å². The molecule has 0 unspecified atom stereocenters. The van der Waals surface area contributed by atoms with Crippen LogP contribution in [0.15, 0.2) is 18.2 Å². The Morgan fingerprint density at radius 2 is 2.04 bits per heavy atom. The third-order valence-corrected chi connectivity index (χ3v) is 3.35. The van der Waals surface area contributed by atoms with Crippen molar-refractivity contribution in [3.8, 4) is 0 Å². The molecule has 7 nitrogen and oxygen atoms in total. The third-order valence-electron chi connectivity index (χ3n) is 3.35. The SMILES string of the molecule is CCCn1c(CNC(=O)OC(C)(C)C)nc2cc(C(N)=O)ccc21. The second-order valence-corrected chi connectivity index (χ2v) is 6.60. The van der Waals surface area contributed by atoms with Crippen molar-refractivity contribution in [3.05, 3.63) is 29.6 Å². The van der Waals surface area contributed by atoms with Crippen LogP contribution < -0.4 is 11.1 Å². The molecular formula is C17H24N4O3. The molecule has 24 heavy (non-hydrogen) atoms. The number of carbonyl (C=O) groups is 2. The first-order chi connectivity index (χ1) is 11.2. The van der Waals surface area contributed by atoms with Crippen LogP contribution in [-0.2, 0) is 17.8 Å². The number of ether oxygens (including phenoxy) is 1. The van der Waals surface area contributed by atoms with Crippen LogP contribution in [0.1, 0.15) is 50.3 Å². The largest absolute Gasteiger partial charge is 0.444 e. The third kappa shape index (κ3) is 4.24. The minimum atomic E-state index is -0.552. The van der Waals surface area contributed by atoms with Gasteiger partial charge in [0.25, 0.3) is 0 Å². The normalized spacial score (nSPS) is 11.5. The highest BCUT2D eigenvalue weighted by Crippen LogP contribution is 2.19. The highest BCUT2D eigenvalue weighted by atomic mass is 16.6. The van der Waals surface area contributed by atoms with E-state index in [1.807, 2.05) is 31.4 Å². The van der Waals surface area contributed by atoms with Crippen LogP contribution in [0.5, 0.6) is 0 Å². The van der Waals surface area contributed by atoms with Crippen molar-refractivity contribution < 1.29 is 14.3 Å². The molecule has 2 aromatic rings. The van der Waals surface area contributed by atoms with Gasteiger partial charge in [-0.3, -0.25) is 4.79 Å². The molecule has 130 valence electrons. The number of benzene rings is 1. The number of aryl methyl sites for hydroxylation is 1. The molecule has 2 rings (SSSR count). The quantitative estimate of drug-likeness (QED) is 0.879. The fourth-order valence-electron chi connectivity index (χ4n) is 2.41. The summed E-state index contributed by atoms with van der Waals surface area (Å²) in [6.07, 6.45) is 0.429. The van der Waals surface area contributed by atoms with Gasteiger partial charge in [-0.25, -0.2) is 9.78 Å². The van der Waals surface area contributed by atoms with Crippen LogP contribution in [0.3, 0.4) is 0 Å². The lowest BCUT2D eigenvalue weighted by Gasteiger charge is -2.19. The number of hydrogen-bond acceptors (Lipinski definition) is 4. The molecule has 0 fully saturated rings. The highest BCUT2D eigenvalue weighted by molar-refractivity contribution is 5.96. The molecule has 0 bridgehead atoms. The summed E-state index contributed by atoms with van der Waals surface area (Å²) >= 11 is 0. The lowest BCUT2D eigenvalue weighted by Crippen LogP contribution is -2.32. The van der Waals surface area contributed by atoms with Crippen molar-refractivity contribution in [2.75, 3.05) is 0 Å². The maximum Gasteiger partial charge on any atom is 0.408 e. The number of imidazole rings is 1. The van der Waals surface area contributed by atoms with Gasteiger partial charge in [0, 0.05) is 12.1 Å². The summed E-state index contributed by atoms with van der Waals surface area (Å²) in [5.74, 6) is 0.217. The number of amides is 2. The maximum absolute atomic E-state index is 11.8. The Morgan fingerprint density at radius 1 is 1.33 bits per heavy atom. The minimum Gasteiger partial charge on any atom is -0.444 e. The first kappa shape index (κ1) is 17.8. The fourth-order valence-corrected chi connectivity index (χ4v) is 2.41. The zero-order chi connectivity index (χ0) is 17.9. The number of rotatable bonds is 5. The summed E-state index contributed by atoms with van der Waals surface area (Å²) in [6, 6.07) is 5.18. The first-order valence-corrected chi connectivity index (χ1v) is 7.97. The molecule has 0 radical (unpaired) electrons. The van der Waals surface area contributed by atoms with Crippen molar-refractivity contribution in [1.82, 2.24) is 14.9 Å². The van der Waals surface area contributed by atoms with Crippen molar-refractivity contribution in [1.29, 1.82) is 0 Å². The number of nitrogens with one attached hydrogen (secondary N) is 1. The minimum absolute atomic E-state index is 0.246. The van der Waals surface area contributed by atoms with Gasteiger partial charge in [0.1, 0.15) is 11.4 Å². The molecule has 1 aromatic carbocycles. The van der Waals surface area contributed by atoms with Gasteiger partial charge in [0.2, 0.25) is 5.91 Å². The van der Waals surface area contributed by atoms with E-state index in [0.29, 0.717) is 16.9 Å². The van der Waals surface area contributed by atoms with Crippen molar-refractivity contribution in [3.63, 3.8) is 0 Å². The Labute approximate surface area is 141 Å². The molecule has 0 spiro atoms. The van der Waals surface area contributed by atoms with Crippen molar-refractivity contribution >= 4 is 23.0 Å². The molecule has 1 aromatic heterocycles. The van der Waals surface area contributed by atoms with Crippen molar-refractivity contribution in [2.45, 2.75) is 52.8 Å². The molecule has 0 saturated carbocycles. The predicted molar refractivity (Wildman–Crippen MR) is 91.6 cm³/mol. The van der Waals surface area contributed by atoms with Gasteiger partial charge in [-0.1, -0.05) is 6.92 Å². The van der Waals surface area contributed by atoms with Crippen LogP contribution >= 0.6 is 0 Å². The van der Waals surface area contributed by atoms with Crippen LogP contribution in [0.25, 0.3) is 11.0 Å². The first-order valence-electron chi connectivity index (χ1n) is 7.97. The summed E-state index contributed by atoms with van der Waals surface area (Å²) in [5, 5.41) is 2.72. The molecule has 2 amide bonds. The predicted octanol–water partition coefficient (Wildman–Crippen LogP) is 2.57. The Hall–Kier alpha value is -2.57. The zero-order valence-corrected chi connectivity index (χ0v) is 14.5. The van der Waals surface area contributed by atoms with E-state index in [1.165, 1.54) is 0 Å². The number of carbonyl (C=O) groups excluding carboxylic acids is 2. The molecule has 0 saturated heterocycles. The van der Waals surface area contributed by atoms with Gasteiger partial charge in [-0.05, 0) is 45.4 Å². The highest BCUT2D eigenvalue weighted by Gasteiger charge is 2.17. The molecular weight excluding hydrogens is 308 g/mol. The molecule has 0 atom stereocenters. The lowest BCUT2D eigenvalue weighted by molar-refractivity contribution is 0.0521. The van der Waals surface area contributed by atoms with Gasteiger partial charge in [0.05, 0.1) is 17.6 Å². The van der Waals surface area contributed by atoms with E-state index in [1.54, 1.807) is 12.1 Å². The summed E-state index contributed by atoms with van der Waals surface area (Å²) in [7, 11) is 0. The van der Waals surface area contributed by atoms with Gasteiger partial charge >= 0.3 is 6.09 Å². The average Bonchev–Trinajstić information content (AvgIpc) is 2.81. The zero-order valence-electron chi connectivity index (χ0n) is 14.5. The Morgan fingerprint density at radius 3 is 2.62 bits per heavy atom. The molecule has 0 aliphatic carbocycles. The number of hydrogen-bond donors (Lipinski definition) is 2. The van der Waals surface area contributed by atoms with E-state index in [-0.39, 0.29) is 6.54 Å². The lowest BCUT2D eigenvalue weighted by atomic mass is 10.2. The Bertz CT molecular complexity index is 759. The van der Waals surface area contributed by atoms with Crippen LogP contribution in [-0.4, -0.2) is 27.2 Å². The van der Waals surface area contributed by atoms with E-state index >= 15 is 0 Å². The number of primary amides is 1.